The Morgan fingerprint density at radius 1 is 1.39 bits per heavy atom. The Bertz CT molecular complexity index is 727. The Balaban J connectivity index is 2.27. The van der Waals surface area contributed by atoms with Crippen LogP contribution < -0.4 is 15.2 Å². The molecule has 0 fully saturated rings. The van der Waals surface area contributed by atoms with Gasteiger partial charge in [-0.2, -0.15) is 0 Å². The normalized spacial score (nSPS) is 11.7. The molecule has 6 nitrogen and oxygen atoms in total. The molecule has 1 atom stereocenters. The number of carbonyl (C=O) groups excluding carboxylic acids is 1. The Kier molecular flexibility index (Phi) is 5.23. The Morgan fingerprint density at radius 3 is 2.83 bits per heavy atom. The third-order valence-corrected chi connectivity index (χ3v) is 3.12. The average Bonchev–Trinajstić information content (AvgIpc) is 2.53. The molecule has 8 heteroatoms. The fraction of sp³-hybridized carbons (Fsp3) is 0.200. The number of methoxy groups -OCH3 is 1. The van der Waals surface area contributed by atoms with Gasteiger partial charge in [-0.25, -0.2) is 14.2 Å². The number of carbonyl (C=O) groups is 1. The van der Waals surface area contributed by atoms with Crippen molar-refractivity contribution < 1.29 is 23.4 Å². The number of nitrogens with zero attached hydrogens (tertiary/aromatic N) is 1. The van der Waals surface area contributed by atoms with Gasteiger partial charge < -0.3 is 19.9 Å². The van der Waals surface area contributed by atoms with Gasteiger partial charge in [0.2, 0.25) is 0 Å². The van der Waals surface area contributed by atoms with Gasteiger partial charge in [0.15, 0.2) is 11.9 Å². The largest absolute Gasteiger partial charge is 0.466 e. The van der Waals surface area contributed by atoms with Crippen LogP contribution in [0.3, 0.4) is 0 Å². The van der Waals surface area contributed by atoms with Crippen molar-refractivity contribution in [2.45, 2.75) is 13.0 Å². The van der Waals surface area contributed by atoms with Crippen LogP contribution in [0.25, 0.3) is 0 Å². The minimum absolute atomic E-state index is 0.0347. The molecule has 1 unspecified atom stereocenters. The van der Waals surface area contributed by atoms with Gasteiger partial charge in [-0.15, -0.1) is 0 Å². The molecule has 2 N–H and O–H groups in total. The first-order valence-electron chi connectivity index (χ1n) is 6.54. The van der Waals surface area contributed by atoms with Crippen molar-refractivity contribution in [3.05, 3.63) is 41.3 Å². The highest BCUT2D eigenvalue weighted by Gasteiger charge is 2.19. The van der Waals surface area contributed by atoms with E-state index in [4.69, 9.17) is 26.8 Å². The molecule has 122 valence electrons. The second-order valence-electron chi connectivity index (χ2n) is 4.50. The van der Waals surface area contributed by atoms with Gasteiger partial charge in [-0.1, -0.05) is 11.6 Å². The molecule has 0 aliphatic rings. The van der Waals surface area contributed by atoms with Crippen molar-refractivity contribution in [1.29, 1.82) is 0 Å². The number of nitrogen functional groups attached to an aromatic ring is 1. The fourth-order valence-corrected chi connectivity index (χ4v) is 1.85. The zero-order valence-electron chi connectivity index (χ0n) is 12.4. The molecular weight excluding hydrogens is 327 g/mol. The topological polar surface area (TPSA) is 83.7 Å². The molecular formula is C15H14ClFN2O4. The molecule has 0 spiro atoms. The van der Waals surface area contributed by atoms with E-state index in [1.54, 1.807) is 12.1 Å². The number of hydrogen-bond donors (Lipinski definition) is 1. The summed E-state index contributed by atoms with van der Waals surface area (Å²) in [5, 5.41) is 0.0347. The molecule has 0 bridgehead atoms. The number of aromatic nitrogens is 1. The van der Waals surface area contributed by atoms with Crippen LogP contribution in [0.5, 0.6) is 17.4 Å². The van der Waals surface area contributed by atoms with Gasteiger partial charge in [-0.3, -0.25) is 0 Å². The molecule has 0 aliphatic heterocycles. The van der Waals surface area contributed by atoms with E-state index >= 15 is 0 Å². The molecule has 0 saturated carbocycles. The summed E-state index contributed by atoms with van der Waals surface area (Å²) in [4.78, 5) is 15.4. The standard InChI is InChI=1S/C15H14ClFN2O4/c1-8(15(20)21-2)22-14-12(4-3-5-19-14)23-13-7-11(18)10(17)6-9(13)16/h3-8H,18H2,1-2H3. The lowest BCUT2D eigenvalue weighted by atomic mass is 10.3. The zero-order chi connectivity index (χ0) is 17.0. The highest BCUT2D eigenvalue weighted by molar-refractivity contribution is 6.32. The van der Waals surface area contributed by atoms with Gasteiger partial charge in [0.05, 0.1) is 17.8 Å². The van der Waals surface area contributed by atoms with Crippen LogP contribution in [0.15, 0.2) is 30.5 Å². The minimum Gasteiger partial charge on any atom is -0.466 e. The Hall–Kier alpha value is -2.54. The summed E-state index contributed by atoms with van der Waals surface area (Å²) in [6, 6.07) is 5.45. The molecule has 2 aromatic rings. The summed E-state index contributed by atoms with van der Waals surface area (Å²) in [5.74, 6) is -0.829. The first-order valence-corrected chi connectivity index (χ1v) is 6.92. The highest BCUT2D eigenvalue weighted by Crippen LogP contribution is 2.36. The molecule has 2 rings (SSSR count). The molecule has 0 saturated heterocycles. The summed E-state index contributed by atoms with van der Waals surface area (Å²) in [6.07, 6.45) is 0.582. The number of benzene rings is 1. The van der Waals surface area contributed by atoms with E-state index in [0.717, 1.165) is 6.07 Å². The number of nitrogens with two attached hydrogens (primary N) is 1. The summed E-state index contributed by atoms with van der Waals surface area (Å²) >= 11 is 5.93. The number of hydrogen-bond acceptors (Lipinski definition) is 6. The first-order chi connectivity index (χ1) is 10.9. The van der Waals surface area contributed by atoms with E-state index in [0.29, 0.717) is 0 Å². The molecule has 1 aromatic carbocycles. The molecule has 23 heavy (non-hydrogen) atoms. The SMILES string of the molecule is COC(=O)C(C)Oc1ncccc1Oc1cc(N)c(F)cc1Cl. The molecule has 0 aliphatic carbocycles. The third kappa shape index (κ3) is 4.01. The van der Waals surface area contributed by atoms with Crippen molar-refractivity contribution in [2.24, 2.45) is 0 Å². The minimum atomic E-state index is -0.883. The maximum Gasteiger partial charge on any atom is 0.346 e. The Labute approximate surface area is 136 Å². The van der Waals surface area contributed by atoms with Gasteiger partial charge in [0.1, 0.15) is 11.6 Å². The predicted octanol–water partition coefficient (Wildman–Crippen LogP) is 3.19. The number of halogens is 2. The van der Waals surface area contributed by atoms with Crippen molar-refractivity contribution in [1.82, 2.24) is 4.98 Å². The summed E-state index contributed by atoms with van der Waals surface area (Å²) < 4.78 is 28.9. The van der Waals surface area contributed by atoms with Crippen molar-refractivity contribution in [3.63, 3.8) is 0 Å². The summed E-state index contributed by atoms with van der Waals surface area (Å²) in [6.45, 7) is 1.51. The Morgan fingerprint density at radius 2 is 2.13 bits per heavy atom. The van der Waals surface area contributed by atoms with Gasteiger partial charge in [0.25, 0.3) is 5.88 Å². The van der Waals surface area contributed by atoms with E-state index in [1.807, 2.05) is 0 Å². The van der Waals surface area contributed by atoms with E-state index in [2.05, 4.69) is 9.72 Å². The van der Waals surface area contributed by atoms with Gasteiger partial charge in [-0.05, 0) is 25.1 Å². The van der Waals surface area contributed by atoms with Gasteiger partial charge >= 0.3 is 5.97 Å². The molecule has 0 amide bonds. The average molecular weight is 341 g/mol. The van der Waals surface area contributed by atoms with Crippen molar-refractivity contribution in [3.8, 4) is 17.4 Å². The maximum absolute atomic E-state index is 13.3. The lowest BCUT2D eigenvalue weighted by molar-refractivity contribution is -0.148. The van der Waals surface area contributed by atoms with Crippen LogP contribution in [0.4, 0.5) is 10.1 Å². The third-order valence-electron chi connectivity index (χ3n) is 2.83. The summed E-state index contributed by atoms with van der Waals surface area (Å²) in [7, 11) is 1.25. The number of esters is 1. The maximum atomic E-state index is 13.3. The second kappa shape index (κ2) is 7.15. The highest BCUT2D eigenvalue weighted by atomic mass is 35.5. The van der Waals surface area contributed by atoms with Crippen LogP contribution in [0.1, 0.15) is 6.92 Å². The second-order valence-corrected chi connectivity index (χ2v) is 4.90. The van der Waals surface area contributed by atoms with E-state index in [1.165, 1.54) is 26.3 Å². The predicted molar refractivity (Wildman–Crippen MR) is 82.2 cm³/mol. The van der Waals surface area contributed by atoms with Crippen LogP contribution in [-0.4, -0.2) is 24.2 Å². The van der Waals surface area contributed by atoms with E-state index in [-0.39, 0.29) is 28.1 Å². The monoisotopic (exact) mass is 340 g/mol. The fourth-order valence-electron chi connectivity index (χ4n) is 1.67. The number of ether oxygens (including phenoxy) is 3. The van der Waals surface area contributed by atoms with Crippen LogP contribution >= 0.6 is 11.6 Å². The lowest BCUT2D eigenvalue weighted by Crippen LogP contribution is -2.25. The quantitative estimate of drug-likeness (QED) is 0.664. The van der Waals surface area contributed by atoms with Crippen LogP contribution in [0.2, 0.25) is 5.02 Å². The zero-order valence-corrected chi connectivity index (χ0v) is 13.1. The van der Waals surface area contributed by atoms with Crippen molar-refractivity contribution in [2.75, 3.05) is 12.8 Å². The van der Waals surface area contributed by atoms with Crippen LogP contribution in [-0.2, 0) is 9.53 Å². The molecule has 1 heterocycles. The molecule has 0 radical (unpaired) electrons. The van der Waals surface area contributed by atoms with Crippen LogP contribution in [0, 0.1) is 5.82 Å². The summed E-state index contributed by atoms with van der Waals surface area (Å²) in [5.41, 5.74) is 5.39. The number of pyridine rings is 1. The number of anilines is 1. The first kappa shape index (κ1) is 16.8. The number of rotatable bonds is 5. The van der Waals surface area contributed by atoms with E-state index in [9.17, 15) is 9.18 Å². The van der Waals surface area contributed by atoms with Crippen molar-refractivity contribution >= 4 is 23.3 Å². The lowest BCUT2D eigenvalue weighted by Gasteiger charge is -2.15. The van der Waals surface area contributed by atoms with Gasteiger partial charge in [0, 0.05) is 12.3 Å². The van der Waals surface area contributed by atoms with E-state index < -0.39 is 17.9 Å². The smallest absolute Gasteiger partial charge is 0.346 e. The molecule has 1 aromatic heterocycles.